The Morgan fingerprint density at radius 2 is 1.86 bits per heavy atom. The molecule has 5 nitrogen and oxygen atoms in total. The summed E-state index contributed by atoms with van der Waals surface area (Å²) in [5.41, 5.74) is 0. The van der Waals surface area contributed by atoms with Crippen LogP contribution in [0.15, 0.2) is 35.2 Å². The summed E-state index contributed by atoms with van der Waals surface area (Å²) in [5.74, 6) is 0. The first-order valence-corrected chi connectivity index (χ1v) is 5.37. The van der Waals surface area contributed by atoms with Gasteiger partial charge in [0.2, 0.25) is 16.4 Å². The van der Waals surface area contributed by atoms with Gasteiger partial charge < -0.3 is 5.32 Å². The third kappa shape index (κ3) is 2.82. The molecule has 2 N–H and O–H groups in total. The molecule has 0 aromatic heterocycles. The molecule has 0 unspecified atom stereocenters. The number of carbonyl (C=O) groups excluding carboxylic acids is 1. The number of amides is 1. The number of nitrogens with one attached hydrogen (secondary N) is 2. The molecule has 0 saturated carbocycles. The number of hydrogen-bond donors (Lipinski definition) is 2. The topological polar surface area (TPSA) is 75.3 Å². The summed E-state index contributed by atoms with van der Waals surface area (Å²) in [4.78, 5) is 10.1. The largest absolute Gasteiger partial charge is 0.345 e. The van der Waals surface area contributed by atoms with Crippen molar-refractivity contribution in [2.45, 2.75) is 4.90 Å². The van der Waals surface area contributed by atoms with Gasteiger partial charge in [-0.15, -0.1) is 0 Å². The van der Waals surface area contributed by atoms with Crippen LogP contribution in [0.3, 0.4) is 0 Å². The van der Waals surface area contributed by atoms with Crippen LogP contribution in [0, 0.1) is 0 Å². The van der Waals surface area contributed by atoms with Crippen LogP contribution < -0.4 is 10.0 Å². The SMILES string of the molecule is O=CNCNS(=O)(=O)c1ccccc1. The van der Waals surface area contributed by atoms with E-state index in [-0.39, 0.29) is 11.6 Å². The summed E-state index contributed by atoms with van der Waals surface area (Å²) >= 11 is 0. The Kier molecular flexibility index (Phi) is 3.61. The van der Waals surface area contributed by atoms with E-state index in [1.54, 1.807) is 18.2 Å². The number of benzene rings is 1. The van der Waals surface area contributed by atoms with Gasteiger partial charge in [-0.3, -0.25) is 4.79 Å². The maximum absolute atomic E-state index is 11.4. The van der Waals surface area contributed by atoms with Crippen molar-refractivity contribution in [1.82, 2.24) is 10.0 Å². The molecule has 0 spiro atoms. The fourth-order valence-electron chi connectivity index (χ4n) is 0.861. The second-order valence-electron chi connectivity index (χ2n) is 2.46. The molecular formula is C8H10N2O3S. The maximum Gasteiger partial charge on any atom is 0.242 e. The number of sulfonamides is 1. The molecule has 0 fully saturated rings. The van der Waals surface area contributed by atoms with Crippen LogP contribution >= 0.6 is 0 Å². The van der Waals surface area contributed by atoms with Crippen LogP contribution in [0.1, 0.15) is 0 Å². The summed E-state index contributed by atoms with van der Waals surface area (Å²) in [7, 11) is -3.50. The molecular weight excluding hydrogens is 204 g/mol. The lowest BCUT2D eigenvalue weighted by Gasteiger charge is -2.04. The summed E-state index contributed by atoms with van der Waals surface area (Å²) < 4.78 is 25.1. The molecule has 6 heteroatoms. The van der Waals surface area contributed by atoms with E-state index in [1.165, 1.54) is 12.1 Å². The molecule has 0 saturated heterocycles. The Hall–Kier alpha value is -1.40. The lowest BCUT2D eigenvalue weighted by molar-refractivity contribution is -0.109. The molecule has 1 aromatic carbocycles. The van der Waals surface area contributed by atoms with Crippen LogP contribution in [0.2, 0.25) is 0 Å². The highest BCUT2D eigenvalue weighted by molar-refractivity contribution is 7.89. The smallest absolute Gasteiger partial charge is 0.242 e. The molecule has 0 aliphatic carbocycles. The highest BCUT2D eigenvalue weighted by atomic mass is 32.2. The zero-order chi connectivity index (χ0) is 10.4. The van der Waals surface area contributed by atoms with Crippen molar-refractivity contribution in [2.24, 2.45) is 0 Å². The van der Waals surface area contributed by atoms with Gasteiger partial charge in [-0.05, 0) is 12.1 Å². The summed E-state index contributed by atoms with van der Waals surface area (Å²) in [6, 6.07) is 7.93. The second-order valence-corrected chi connectivity index (χ2v) is 4.23. The lowest BCUT2D eigenvalue weighted by atomic mass is 10.4. The predicted molar refractivity (Wildman–Crippen MR) is 50.8 cm³/mol. The van der Waals surface area contributed by atoms with Crippen molar-refractivity contribution in [2.75, 3.05) is 6.67 Å². The minimum Gasteiger partial charge on any atom is -0.345 e. The molecule has 1 aromatic rings. The van der Waals surface area contributed by atoms with Crippen LogP contribution in [0.25, 0.3) is 0 Å². The minimum absolute atomic E-state index is 0.110. The molecule has 0 aliphatic heterocycles. The van der Waals surface area contributed by atoms with Crippen molar-refractivity contribution in [3.63, 3.8) is 0 Å². The third-order valence-electron chi connectivity index (χ3n) is 1.50. The molecule has 1 rings (SSSR count). The predicted octanol–water partition coefficient (Wildman–Crippen LogP) is -0.332. The first kappa shape index (κ1) is 10.7. The van der Waals surface area contributed by atoms with Gasteiger partial charge in [-0.2, -0.15) is 4.72 Å². The van der Waals surface area contributed by atoms with E-state index in [1.807, 2.05) is 0 Å². The average molecular weight is 214 g/mol. The first-order chi connectivity index (χ1) is 6.67. The van der Waals surface area contributed by atoms with Gasteiger partial charge in [-0.1, -0.05) is 18.2 Å². The van der Waals surface area contributed by atoms with E-state index in [0.29, 0.717) is 6.41 Å². The van der Waals surface area contributed by atoms with Gasteiger partial charge in [0.05, 0.1) is 11.6 Å². The van der Waals surface area contributed by atoms with E-state index in [4.69, 9.17) is 0 Å². The molecule has 0 aliphatic rings. The monoisotopic (exact) mass is 214 g/mol. The Morgan fingerprint density at radius 3 is 2.43 bits per heavy atom. The number of hydrogen-bond acceptors (Lipinski definition) is 3. The molecule has 1 amide bonds. The summed E-state index contributed by atoms with van der Waals surface area (Å²) in [6.07, 6.45) is 0.424. The van der Waals surface area contributed by atoms with Crippen LogP contribution in [0.4, 0.5) is 0 Å². The molecule has 0 heterocycles. The molecule has 14 heavy (non-hydrogen) atoms. The van der Waals surface area contributed by atoms with E-state index in [0.717, 1.165) is 0 Å². The van der Waals surface area contributed by atoms with Gasteiger partial charge in [0.25, 0.3) is 0 Å². The quantitative estimate of drug-likeness (QED) is 0.400. The number of carbonyl (C=O) groups is 1. The molecule has 0 radical (unpaired) electrons. The fraction of sp³-hybridized carbons (Fsp3) is 0.125. The minimum atomic E-state index is -3.50. The van der Waals surface area contributed by atoms with E-state index in [9.17, 15) is 13.2 Å². The van der Waals surface area contributed by atoms with Crippen molar-refractivity contribution >= 4 is 16.4 Å². The Morgan fingerprint density at radius 1 is 1.21 bits per heavy atom. The Labute approximate surface area is 82.2 Å². The van der Waals surface area contributed by atoms with Gasteiger partial charge in [-0.25, -0.2) is 8.42 Å². The van der Waals surface area contributed by atoms with Crippen molar-refractivity contribution < 1.29 is 13.2 Å². The van der Waals surface area contributed by atoms with E-state index < -0.39 is 10.0 Å². The van der Waals surface area contributed by atoms with E-state index >= 15 is 0 Å². The Balaban J connectivity index is 2.72. The van der Waals surface area contributed by atoms with Gasteiger partial charge >= 0.3 is 0 Å². The molecule has 76 valence electrons. The highest BCUT2D eigenvalue weighted by Crippen LogP contribution is 2.05. The number of rotatable bonds is 5. The average Bonchev–Trinajstić information content (AvgIpc) is 2.19. The highest BCUT2D eigenvalue weighted by Gasteiger charge is 2.11. The van der Waals surface area contributed by atoms with Crippen molar-refractivity contribution in [3.8, 4) is 0 Å². The van der Waals surface area contributed by atoms with E-state index in [2.05, 4.69) is 10.0 Å². The van der Waals surface area contributed by atoms with Gasteiger partial charge in [0.1, 0.15) is 0 Å². The normalized spacial score (nSPS) is 10.9. The van der Waals surface area contributed by atoms with Gasteiger partial charge in [0, 0.05) is 0 Å². The van der Waals surface area contributed by atoms with Crippen LogP contribution in [0.5, 0.6) is 0 Å². The van der Waals surface area contributed by atoms with Crippen molar-refractivity contribution in [1.29, 1.82) is 0 Å². The maximum atomic E-state index is 11.4. The van der Waals surface area contributed by atoms with Crippen molar-refractivity contribution in [3.05, 3.63) is 30.3 Å². The zero-order valence-electron chi connectivity index (χ0n) is 7.30. The Bertz CT molecular complexity index is 388. The second kappa shape index (κ2) is 4.73. The van der Waals surface area contributed by atoms with Crippen LogP contribution in [-0.4, -0.2) is 21.5 Å². The standard InChI is InChI=1S/C8H10N2O3S/c11-7-9-6-10-14(12,13)8-4-2-1-3-5-8/h1-5,7,10H,6H2,(H,9,11). The summed E-state index contributed by atoms with van der Waals surface area (Å²) in [6.45, 7) is -0.110. The lowest BCUT2D eigenvalue weighted by Crippen LogP contribution is -2.33. The molecule has 0 bridgehead atoms. The summed E-state index contributed by atoms with van der Waals surface area (Å²) in [5, 5.41) is 2.20. The third-order valence-corrected chi connectivity index (χ3v) is 2.92. The zero-order valence-corrected chi connectivity index (χ0v) is 8.12. The molecule has 0 atom stereocenters. The fourth-order valence-corrected chi connectivity index (χ4v) is 1.82. The van der Waals surface area contributed by atoms with Gasteiger partial charge in [0.15, 0.2) is 0 Å². The first-order valence-electron chi connectivity index (χ1n) is 3.88. The van der Waals surface area contributed by atoms with Crippen LogP contribution in [-0.2, 0) is 14.8 Å².